The van der Waals surface area contributed by atoms with Gasteiger partial charge in [0.1, 0.15) is 0 Å². The Morgan fingerprint density at radius 1 is 1.38 bits per heavy atom. The van der Waals surface area contributed by atoms with Crippen LogP contribution in [0.1, 0.15) is 53.1 Å². The first-order chi connectivity index (χ1) is 9.96. The number of hydrogen-bond donors (Lipinski definition) is 3. The second-order valence-corrected chi connectivity index (χ2v) is 5.79. The third-order valence-electron chi connectivity index (χ3n) is 4.38. The van der Waals surface area contributed by atoms with Crippen LogP contribution in [0.5, 0.6) is 0 Å². The molecule has 0 spiro atoms. The molecule has 1 aliphatic carbocycles. The fourth-order valence-corrected chi connectivity index (χ4v) is 2.95. The number of likely N-dealkylation sites (N-methyl/N-ethyl adjacent to an activating group) is 1. The van der Waals surface area contributed by atoms with E-state index < -0.39 is 11.9 Å². The van der Waals surface area contributed by atoms with Crippen LogP contribution in [0, 0.1) is 0 Å². The van der Waals surface area contributed by atoms with Crippen molar-refractivity contribution in [2.45, 2.75) is 37.6 Å². The standard InChI is InChI=1S/C14H22N4O3/c1-18(2)14(6-4-3-5-7-14)8-15-12(19)10-11(13(20)21)17-9-16-10/h9H,3-8H2,1-2H3,(H,15,19)(H,16,17)(H,20,21). The monoisotopic (exact) mass is 294 g/mol. The van der Waals surface area contributed by atoms with E-state index in [2.05, 4.69) is 20.2 Å². The lowest BCUT2D eigenvalue weighted by Gasteiger charge is -2.43. The van der Waals surface area contributed by atoms with Gasteiger partial charge in [-0.25, -0.2) is 9.78 Å². The Morgan fingerprint density at radius 2 is 2.05 bits per heavy atom. The van der Waals surface area contributed by atoms with Crippen molar-refractivity contribution >= 4 is 11.9 Å². The van der Waals surface area contributed by atoms with Crippen molar-refractivity contribution in [3.05, 3.63) is 17.7 Å². The molecule has 0 saturated heterocycles. The first-order valence-electron chi connectivity index (χ1n) is 7.18. The second kappa shape index (κ2) is 6.26. The Bertz CT molecular complexity index is 518. The summed E-state index contributed by atoms with van der Waals surface area (Å²) < 4.78 is 0. The third kappa shape index (κ3) is 3.24. The average Bonchev–Trinajstić information content (AvgIpc) is 2.95. The molecule has 0 aliphatic heterocycles. The van der Waals surface area contributed by atoms with Crippen molar-refractivity contribution in [2.24, 2.45) is 0 Å². The molecular weight excluding hydrogens is 272 g/mol. The molecule has 0 bridgehead atoms. The molecule has 2 rings (SSSR count). The maximum Gasteiger partial charge on any atom is 0.354 e. The summed E-state index contributed by atoms with van der Waals surface area (Å²) >= 11 is 0. The summed E-state index contributed by atoms with van der Waals surface area (Å²) in [4.78, 5) is 31.6. The van der Waals surface area contributed by atoms with Crippen molar-refractivity contribution in [2.75, 3.05) is 20.6 Å². The van der Waals surface area contributed by atoms with Gasteiger partial charge in [-0.1, -0.05) is 19.3 Å². The number of aromatic amines is 1. The van der Waals surface area contributed by atoms with Gasteiger partial charge in [-0.15, -0.1) is 0 Å². The number of aromatic carboxylic acids is 1. The van der Waals surface area contributed by atoms with E-state index in [4.69, 9.17) is 5.11 Å². The highest BCUT2D eigenvalue weighted by Crippen LogP contribution is 2.31. The van der Waals surface area contributed by atoms with Gasteiger partial charge in [0.15, 0.2) is 11.4 Å². The molecule has 0 aromatic carbocycles. The molecule has 3 N–H and O–H groups in total. The summed E-state index contributed by atoms with van der Waals surface area (Å²) in [6, 6.07) is 0. The first kappa shape index (κ1) is 15.5. The molecule has 1 amide bonds. The average molecular weight is 294 g/mol. The zero-order valence-electron chi connectivity index (χ0n) is 12.5. The van der Waals surface area contributed by atoms with Crippen LogP contribution >= 0.6 is 0 Å². The molecule has 0 atom stereocenters. The SMILES string of the molecule is CN(C)C1(CNC(=O)c2nc[nH]c2C(=O)O)CCCCC1. The number of imidazole rings is 1. The number of H-pyrrole nitrogens is 1. The number of carbonyl (C=O) groups excluding carboxylic acids is 1. The lowest BCUT2D eigenvalue weighted by atomic mass is 9.80. The van der Waals surface area contributed by atoms with E-state index in [9.17, 15) is 9.59 Å². The smallest absolute Gasteiger partial charge is 0.354 e. The maximum atomic E-state index is 12.2. The van der Waals surface area contributed by atoms with E-state index in [1.807, 2.05) is 14.1 Å². The van der Waals surface area contributed by atoms with E-state index in [-0.39, 0.29) is 16.9 Å². The van der Waals surface area contributed by atoms with Gasteiger partial charge in [0.2, 0.25) is 0 Å². The summed E-state index contributed by atoms with van der Waals surface area (Å²) in [5, 5.41) is 11.8. The summed E-state index contributed by atoms with van der Waals surface area (Å²) in [6.45, 7) is 0.505. The molecule has 7 heteroatoms. The quantitative estimate of drug-likeness (QED) is 0.755. The predicted molar refractivity (Wildman–Crippen MR) is 77.4 cm³/mol. The van der Waals surface area contributed by atoms with Gasteiger partial charge in [-0.3, -0.25) is 4.79 Å². The van der Waals surface area contributed by atoms with Crippen molar-refractivity contribution in [3.8, 4) is 0 Å². The van der Waals surface area contributed by atoms with Crippen LogP contribution in [-0.2, 0) is 0 Å². The number of hydrogen-bond acceptors (Lipinski definition) is 4. The fraction of sp³-hybridized carbons (Fsp3) is 0.643. The number of aromatic nitrogens is 2. The first-order valence-corrected chi connectivity index (χ1v) is 7.18. The van der Waals surface area contributed by atoms with E-state index in [1.54, 1.807) is 0 Å². The Kier molecular flexibility index (Phi) is 4.62. The lowest BCUT2D eigenvalue weighted by Crippen LogP contribution is -2.53. The van der Waals surface area contributed by atoms with Gasteiger partial charge in [-0.2, -0.15) is 0 Å². The minimum absolute atomic E-state index is 0.0480. The van der Waals surface area contributed by atoms with Crippen LogP contribution in [0.15, 0.2) is 6.33 Å². The minimum Gasteiger partial charge on any atom is -0.477 e. The number of carbonyl (C=O) groups is 2. The Labute approximate surface area is 123 Å². The van der Waals surface area contributed by atoms with Crippen LogP contribution in [0.2, 0.25) is 0 Å². The van der Waals surface area contributed by atoms with Crippen molar-refractivity contribution in [1.82, 2.24) is 20.2 Å². The molecule has 7 nitrogen and oxygen atoms in total. The van der Waals surface area contributed by atoms with Crippen LogP contribution < -0.4 is 5.32 Å². The van der Waals surface area contributed by atoms with Crippen LogP contribution in [0.25, 0.3) is 0 Å². The van der Waals surface area contributed by atoms with Crippen LogP contribution in [0.4, 0.5) is 0 Å². The highest BCUT2D eigenvalue weighted by atomic mass is 16.4. The molecule has 116 valence electrons. The summed E-state index contributed by atoms with van der Waals surface area (Å²) in [5.74, 6) is -1.63. The molecule has 1 saturated carbocycles. The number of nitrogens with one attached hydrogen (secondary N) is 2. The molecule has 1 fully saturated rings. The van der Waals surface area contributed by atoms with Crippen molar-refractivity contribution in [3.63, 3.8) is 0 Å². The Morgan fingerprint density at radius 3 is 2.62 bits per heavy atom. The van der Waals surface area contributed by atoms with E-state index in [0.717, 1.165) is 25.7 Å². The molecule has 1 aromatic heterocycles. The highest BCUT2D eigenvalue weighted by Gasteiger charge is 2.35. The Hall–Kier alpha value is -1.89. The molecule has 1 heterocycles. The molecule has 1 aromatic rings. The second-order valence-electron chi connectivity index (χ2n) is 5.79. The molecule has 0 radical (unpaired) electrons. The fourth-order valence-electron chi connectivity index (χ4n) is 2.95. The van der Waals surface area contributed by atoms with E-state index >= 15 is 0 Å². The molecule has 0 unspecified atom stereocenters. The molecular formula is C14H22N4O3. The van der Waals surface area contributed by atoms with Gasteiger partial charge in [0, 0.05) is 12.1 Å². The normalized spacial score (nSPS) is 17.7. The van der Waals surface area contributed by atoms with Crippen LogP contribution in [0.3, 0.4) is 0 Å². The lowest BCUT2D eigenvalue weighted by molar-refractivity contribution is 0.0680. The van der Waals surface area contributed by atoms with Gasteiger partial charge in [0.05, 0.1) is 6.33 Å². The van der Waals surface area contributed by atoms with E-state index in [1.165, 1.54) is 12.7 Å². The summed E-state index contributed by atoms with van der Waals surface area (Å²) in [5.41, 5.74) is -0.282. The number of nitrogens with zero attached hydrogens (tertiary/aromatic N) is 2. The summed E-state index contributed by atoms with van der Waals surface area (Å²) in [7, 11) is 4.05. The molecule has 1 aliphatic rings. The zero-order valence-corrected chi connectivity index (χ0v) is 12.5. The van der Waals surface area contributed by atoms with E-state index in [0.29, 0.717) is 6.54 Å². The van der Waals surface area contributed by atoms with Gasteiger partial charge >= 0.3 is 5.97 Å². The minimum atomic E-state index is -1.18. The summed E-state index contributed by atoms with van der Waals surface area (Å²) in [6.07, 6.45) is 6.82. The largest absolute Gasteiger partial charge is 0.477 e. The molecule has 21 heavy (non-hydrogen) atoms. The topological polar surface area (TPSA) is 98.3 Å². The predicted octanol–water partition coefficient (Wildman–Crippen LogP) is 1.10. The number of rotatable bonds is 5. The van der Waals surface area contributed by atoms with Gasteiger partial charge in [0.25, 0.3) is 5.91 Å². The van der Waals surface area contributed by atoms with Gasteiger partial charge in [-0.05, 0) is 26.9 Å². The zero-order chi connectivity index (χ0) is 15.5. The van der Waals surface area contributed by atoms with Crippen molar-refractivity contribution < 1.29 is 14.7 Å². The Balaban J connectivity index is 2.05. The van der Waals surface area contributed by atoms with Crippen LogP contribution in [-0.4, -0.2) is 58.0 Å². The highest BCUT2D eigenvalue weighted by molar-refractivity contribution is 6.02. The maximum absolute atomic E-state index is 12.2. The van der Waals surface area contributed by atoms with Gasteiger partial charge < -0.3 is 20.3 Å². The van der Waals surface area contributed by atoms with Crippen molar-refractivity contribution in [1.29, 1.82) is 0 Å². The number of carboxylic acid groups (broad SMARTS) is 1. The number of amides is 1. The third-order valence-corrected chi connectivity index (χ3v) is 4.38. The number of carboxylic acids is 1.